The van der Waals surface area contributed by atoms with E-state index in [4.69, 9.17) is 17.3 Å². The predicted molar refractivity (Wildman–Crippen MR) is 77.2 cm³/mol. The lowest BCUT2D eigenvalue weighted by Crippen LogP contribution is -2.38. The van der Waals surface area contributed by atoms with Crippen LogP contribution < -0.4 is 11.1 Å². The summed E-state index contributed by atoms with van der Waals surface area (Å²) in [5.74, 6) is 0.481. The summed E-state index contributed by atoms with van der Waals surface area (Å²) in [4.78, 5) is 11.8. The van der Waals surface area contributed by atoms with Gasteiger partial charge in [0.05, 0.1) is 5.02 Å². The molecule has 0 aromatic heterocycles. The van der Waals surface area contributed by atoms with Crippen LogP contribution in [0.5, 0.6) is 0 Å². The Morgan fingerprint density at radius 2 is 2.29 bits per heavy atom. The average molecular weight is 365 g/mol. The fourth-order valence-corrected chi connectivity index (χ4v) is 2.16. The van der Waals surface area contributed by atoms with Gasteiger partial charge in [-0.25, -0.2) is 0 Å². The van der Waals surface area contributed by atoms with Crippen LogP contribution in [-0.2, 0) is 0 Å². The molecule has 92 valence electrons. The highest BCUT2D eigenvalue weighted by Gasteiger charge is 2.28. The molecule has 1 aliphatic rings. The minimum atomic E-state index is -0.112. The van der Waals surface area contributed by atoms with Crippen LogP contribution in [0.1, 0.15) is 23.2 Å². The zero-order valence-electron chi connectivity index (χ0n) is 9.25. The van der Waals surface area contributed by atoms with Crippen molar-refractivity contribution in [2.45, 2.75) is 18.9 Å². The molecule has 1 saturated carbocycles. The van der Waals surface area contributed by atoms with Gasteiger partial charge in [0, 0.05) is 21.7 Å². The third-order valence-corrected chi connectivity index (χ3v) is 4.48. The molecule has 1 fully saturated rings. The molecule has 2 rings (SSSR count). The van der Waals surface area contributed by atoms with Gasteiger partial charge in [-0.15, -0.1) is 0 Å². The smallest absolute Gasteiger partial charge is 0.251 e. The molecule has 0 saturated heterocycles. The van der Waals surface area contributed by atoms with Crippen LogP contribution in [0.15, 0.2) is 18.2 Å². The van der Waals surface area contributed by atoms with E-state index in [1.165, 1.54) is 12.8 Å². The third-order valence-electron chi connectivity index (χ3n) is 2.91. The first kappa shape index (κ1) is 13.1. The molecule has 0 bridgehead atoms. The highest BCUT2D eigenvalue weighted by Crippen LogP contribution is 2.31. The van der Waals surface area contributed by atoms with Crippen molar-refractivity contribution in [3.8, 4) is 0 Å². The SMILES string of the molecule is NC(CNC(=O)c1ccc(I)c(Cl)c1)C1CC1. The molecule has 0 heterocycles. The van der Waals surface area contributed by atoms with Crippen molar-refractivity contribution in [3.05, 3.63) is 32.4 Å². The van der Waals surface area contributed by atoms with Crippen molar-refractivity contribution in [3.63, 3.8) is 0 Å². The summed E-state index contributed by atoms with van der Waals surface area (Å²) >= 11 is 8.10. The minimum Gasteiger partial charge on any atom is -0.350 e. The molecule has 0 radical (unpaired) electrons. The largest absolute Gasteiger partial charge is 0.350 e. The van der Waals surface area contributed by atoms with Crippen molar-refractivity contribution in [1.82, 2.24) is 5.32 Å². The first-order chi connectivity index (χ1) is 8.08. The van der Waals surface area contributed by atoms with Gasteiger partial charge in [-0.3, -0.25) is 4.79 Å². The second-order valence-corrected chi connectivity index (χ2v) is 5.91. The van der Waals surface area contributed by atoms with E-state index >= 15 is 0 Å². The quantitative estimate of drug-likeness (QED) is 0.806. The van der Waals surface area contributed by atoms with E-state index in [0.29, 0.717) is 23.0 Å². The van der Waals surface area contributed by atoms with Gasteiger partial charge in [-0.05, 0) is 59.5 Å². The zero-order valence-corrected chi connectivity index (χ0v) is 12.2. The van der Waals surface area contributed by atoms with Crippen LogP contribution in [0.4, 0.5) is 0 Å². The molecule has 3 nitrogen and oxygen atoms in total. The number of amides is 1. The number of nitrogens with one attached hydrogen (secondary N) is 1. The van der Waals surface area contributed by atoms with E-state index in [1.54, 1.807) is 12.1 Å². The summed E-state index contributed by atoms with van der Waals surface area (Å²) in [6, 6.07) is 5.37. The van der Waals surface area contributed by atoms with Crippen molar-refractivity contribution in [2.24, 2.45) is 11.7 Å². The average Bonchev–Trinajstić information content (AvgIpc) is 3.13. The Morgan fingerprint density at radius 1 is 1.59 bits per heavy atom. The molecular formula is C12H14ClIN2O. The zero-order chi connectivity index (χ0) is 12.4. The van der Waals surface area contributed by atoms with Crippen LogP contribution in [0.25, 0.3) is 0 Å². The van der Waals surface area contributed by atoms with Gasteiger partial charge in [0.25, 0.3) is 5.91 Å². The molecule has 5 heteroatoms. The second kappa shape index (κ2) is 5.54. The summed E-state index contributed by atoms with van der Waals surface area (Å²) in [7, 11) is 0. The fourth-order valence-electron chi connectivity index (χ4n) is 1.64. The van der Waals surface area contributed by atoms with E-state index in [-0.39, 0.29) is 11.9 Å². The number of hydrogen-bond acceptors (Lipinski definition) is 2. The van der Waals surface area contributed by atoms with E-state index in [1.807, 2.05) is 6.07 Å². The molecule has 1 aromatic carbocycles. The van der Waals surface area contributed by atoms with Crippen LogP contribution in [0.2, 0.25) is 5.02 Å². The molecule has 1 aliphatic carbocycles. The number of hydrogen-bond donors (Lipinski definition) is 2. The summed E-state index contributed by atoms with van der Waals surface area (Å²) in [5.41, 5.74) is 6.50. The van der Waals surface area contributed by atoms with Gasteiger partial charge in [0.15, 0.2) is 0 Å². The normalized spacial score (nSPS) is 16.6. The monoisotopic (exact) mass is 364 g/mol. The summed E-state index contributed by atoms with van der Waals surface area (Å²) in [6.45, 7) is 0.535. The van der Waals surface area contributed by atoms with Crippen molar-refractivity contribution >= 4 is 40.1 Å². The van der Waals surface area contributed by atoms with Gasteiger partial charge in [0.2, 0.25) is 0 Å². The Morgan fingerprint density at radius 3 is 2.88 bits per heavy atom. The van der Waals surface area contributed by atoms with E-state index in [0.717, 1.165) is 3.57 Å². The lowest BCUT2D eigenvalue weighted by molar-refractivity contribution is 0.0950. The van der Waals surface area contributed by atoms with Crippen LogP contribution in [0, 0.1) is 9.49 Å². The Bertz CT molecular complexity index is 435. The van der Waals surface area contributed by atoms with E-state index in [2.05, 4.69) is 27.9 Å². The Hall–Kier alpha value is -0.330. The van der Waals surface area contributed by atoms with Crippen molar-refractivity contribution in [1.29, 1.82) is 0 Å². The van der Waals surface area contributed by atoms with E-state index in [9.17, 15) is 4.79 Å². The Labute approximate surface area is 119 Å². The number of halogens is 2. The van der Waals surface area contributed by atoms with Crippen LogP contribution >= 0.6 is 34.2 Å². The Kier molecular flexibility index (Phi) is 4.27. The molecule has 1 unspecified atom stereocenters. The van der Waals surface area contributed by atoms with E-state index < -0.39 is 0 Å². The summed E-state index contributed by atoms with van der Waals surface area (Å²) in [6.07, 6.45) is 2.37. The maximum atomic E-state index is 11.8. The molecular weight excluding hydrogens is 351 g/mol. The van der Waals surface area contributed by atoms with Gasteiger partial charge in [0.1, 0.15) is 0 Å². The summed E-state index contributed by atoms with van der Waals surface area (Å²) in [5, 5.41) is 3.44. The number of rotatable bonds is 4. The van der Waals surface area contributed by atoms with Crippen molar-refractivity contribution < 1.29 is 4.79 Å². The van der Waals surface area contributed by atoms with Gasteiger partial charge >= 0.3 is 0 Å². The first-order valence-electron chi connectivity index (χ1n) is 5.57. The predicted octanol–water partition coefficient (Wildman–Crippen LogP) is 2.41. The topological polar surface area (TPSA) is 55.1 Å². The van der Waals surface area contributed by atoms with Gasteiger partial charge < -0.3 is 11.1 Å². The minimum absolute atomic E-state index is 0.0817. The van der Waals surface area contributed by atoms with Crippen molar-refractivity contribution in [2.75, 3.05) is 6.54 Å². The maximum Gasteiger partial charge on any atom is 0.251 e. The standard InChI is InChI=1S/C12H14ClIN2O/c13-9-5-8(3-4-10(9)14)12(17)16-6-11(15)7-1-2-7/h3-5,7,11H,1-2,6,15H2,(H,16,17). The lowest BCUT2D eigenvalue weighted by atomic mass is 10.2. The second-order valence-electron chi connectivity index (χ2n) is 4.34. The number of carbonyl (C=O) groups excluding carboxylic acids is 1. The fraction of sp³-hybridized carbons (Fsp3) is 0.417. The van der Waals surface area contributed by atoms with Crippen LogP contribution in [-0.4, -0.2) is 18.5 Å². The Balaban J connectivity index is 1.92. The first-order valence-corrected chi connectivity index (χ1v) is 7.02. The number of nitrogens with two attached hydrogens (primary N) is 1. The molecule has 17 heavy (non-hydrogen) atoms. The lowest BCUT2D eigenvalue weighted by Gasteiger charge is -2.11. The number of benzene rings is 1. The third kappa shape index (κ3) is 3.56. The highest BCUT2D eigenvalue weighted by molar-refractivity contribution is 14.1. The number of carbonyl (C=O) groups is 1. The van der Waals surface area contributed by atoms with Crippen LogP contribution in [0.3, 0.4) is 0 Å². The molecule has 1 atom stereocenters. The van der Waals surface area contributed by atoms with Gasteiger partial charge in [-0.2, -0.15) is 0 Å². The molecule has 3 N–H and O–H groups in total. The molecule has 1 aromatic rings. The molecule has 0 spiro atoms. The molecule has 1 amide bonds. The maximum absolute atomic E-state index is 11.8. The van der Waals surface area contributed by atoms with Gasteiger partial charge in [-0.1, -0.05) is 11.6 Å². The molecule has 0 aliphatic heterocycles. The summed E-state index contributed by atoms with van der Waals surface area (Å²) < 4.78 is 0.940. The highest BCUT2D eigenvalue weighted by atomic mass is 127.